The standard InChI is InChI=1S/C20H17N3O4S/c1-15-7-12-19(13-20(15)23(24)25)28(26,27)22-21-14-16-8-10-18(11-9-16)17-5-3-2-4-6-17/h2-14,22H,1H3/b21-14-. The van der Waals surface area contributed by atoms with Gasteiger partial charge in [-0.3, -0.25) is 10.1 Å². The van der Waals surface area contributed by atoms with Crippen LogP contribution in [0, 0.1) is 17.0 Å². The van der Waals surface area contributed by atoms with Crippen LogP contribution in [0.1, 0.15) is 11.1 Å². The molecule has 3 rings (SSSR count). The van der Waals surface area contributed by atoms with Crippen molar-refractivity contribution in [2.45, 2.75) is 11.8 Å². The van der Waals surface area contributed by atoms with Crippen molar-refractivity contribution in [3.05, 3.63) is 94.0 Å². The van der Waals surface area contributed by atoms with E-state index in [0.29, 0.717) is 11.1 Å². The number of nitro groups is 1. The van der Waals surface area contributed by atoms with Crippen molar-refractivity contribution < 1.29 is 13.3 Å². The first-order valence-corrected chi connectivity index (χ1v) is 9.80. The van der Waals surface area contributed by atoms with Gasteiger partial charge in [-0.15, -0.1) is 0 Å². The molecule has 0 aliphatic carbocycles. The zero-order chi connectivity index (χ0) is 20.1. The predicted octanol–water partition coefficient (Wildman–Crippen LogP) is 3.88. The molecule has 0 fully saturated rings. The van der Waals surface area contributed by atoms with Crippen LogP contribution in [0.3, 0.4) is 0 Å². The molecule has 0 unspecified atom stereocenters. The van der Waals surface area contributed by atoms with Gasteiger partial charge in [-0.05, 0) is 29.7 Å². The summed E-state index contributed by atoms with van der Waals surface area (Å²) in [5.74, 6) is 0. The van der Waals surface area contributed by atoms with Crippen LogP contribution in [0.25, 0.3) is 11.1 Å². The molecule has 0 atom stereocenters. The number of aryl methyl sites for hydroxylation is 1. The molecule has 7 nitrogen and oxygen atoms in total. The molecule has 3 aromatic carbocycles. The number of hydrazone groups is 1. The van der Waals surface area contributed by atoms with Crippen LogP contribution >= 0.6 is 0 Å². The van der Waals surface area contributed by atoms with E-state index in [1.807, 2.05) is 54.6 Å². The first kappa shape index (κ1) is 19.2. The summed E-state index contributed by atoms with van der Waals surface area (Å²) < 4.78 is 24.6. The Hall–Kier alpha value is -3.52. The molecule has 0 amide bonds. The van der Waals surface area contributed by atoms with Crippen LogP contribution in [0.5, 0.6) is 0 Å². The van der Waals surface area contributed by atoms with Gasteiger partial charge < -0.3 is 0 Å². The van der Waals surface area contributed by atoms with Crippen molar-refractivity contribution in [1.29, 1.82) is 0 Å². The van der Waals surface area contributed by atoms with E-state index in [9.17, 15) is 18.5 Å². The molecule has 0 spiro atoms. The third-order valence-corrected chi connectivity index (χ3v) is 5.31. The largest absolute Gasteiger partial charge is 0.276 e. The van der Waals surface area contributed by atoms with E-state index in [1.54, 1.807) is 6.92 Å². The van der Waals surface area contributed by atoms with Gasteiger partial charge in [-0.25, -0.2) is 4.83 Å². The van der Waals surface area contributed by atoms with Crippen molar-refractivity contribution in [3.63, 3.8) is 0 Å². The lowest BCUT2D eigenvalue weighted by Crippen LogP contribution is -2.18. The highest BCUT2D eigenvalue weighted by molar-refractivity contribution is 7.89. The topological polar surface area (TPSA) is 102 Å². The van der Waals surface area contributed by atoms with Gasteiger partial charge in [0.2, 0.25) is 0 Å². The Kier molecular flexibility index (Phi) is 5.51. The second-order valence-electron chi connectivity index (χ2n) is 6.05. The molecule has 28 heavy (non-hydrogen) atoms. The van der Waals surface area contributed by atoms with Gasteiger partial charge in [0.15, 0.2) is 0 Å². The van der Waals surface area contributed by atoms with Crippen molar-refractivity contribution >= 4 is 21.9 Å². The number of hydrogen-bond donors (Lipinski definition) is 1. The normalized spacial score (nSPS) is 11.5. The number of benzene rings is 3. The summed E-state index contributed by atoms with van der Waals surface area (Å²) in [7, 11) is -4.01. The third kappa shape index (κ3) is 4.41. The van der Waals surface area contributed by atoms with Crippen molar-refractivity contribution in [2.24, 2.45) is 5.10 Å². The maximum absolute atomic E-state index is 12.3. The fourth-order valence-electron chi connectivity index (χ4n) is 2.57. The summed E-state index contributed by atoms with van der Waals surface area (Å²) in [6.45, 7) is 1.54. The highest BCUT2D eigenvalue weighted by atomic mass is 32.2. The van der Waals surface area contributed by atoms with E-state index in [4.69, 9.17) is 0 Å². The van der Waals surface area contributed by atoms with Crippen molar-refractivity contribution in [3.8, 4) is 11.1 Å². The average molecular weight is 395 g/mol. The molecule has 0 aliphatic rings. The van der Waals surface area contributed by atoms with Crippen LogP contribution in [0.15, 0.2) is 82.8 Å². The van der Waals surface area contributed by atoms with E-state index < -0.39 is 14.9 Å². The van der Waals surface area contributed by atoms with Crippen LogP contribution in [-0.4, -0.2) is 19.6 Å². The minimum absolute atomic E-state index is 0.221. The first-order chi connectivity index (χ1) is 13.4. The van der Waals surface area contributed by atoms with E-state index in [1.165, 1.54) is 18.3 Å². The number of nitro benzene ring substituents is 1. The Labute approximate surface area is 162 Å². The minimum atomic E-state index is -4.01. The smallest absolute Gasteiger partial charge is 0.258 e. The lowest BCUT2D eigenvalue weighted by atomic mass is 10.0. The van der Waals surface area contributed by atoms with Gasteiger partial charge in [-0.2, -0.15) is 13.5 Å². The SMILES string of the molecule is Cc1ccc(S(=O)(=O)N/N=C\c2ccc(-c3ccccc3)cc2)cc1[N+](=O)[O-]. The highest BCUT2D eigenvalue weighted by Crippen LogP contribution is 2.22. The lowest BCUT2D eigenvalue weighted by Gasteiger charge is -2.05. The Bertz CT molecular complexity index is 1130. The number of rotatable bonds is 6. The van der Waals surface area contributed by atoms with Gasteiger partial charge in [0, 0.05) is 11.6 Å². The quantitative estimate of drug-likeness (QED) is 0.389. The van der Waals surface area contributed by atoms with Crippen LogP contribution in [0.2, 0.25) is 0 Å². The first-order valence-electron chi connectivity index (χ1n) is 8.32. The Balaban J connectivity index is 1.73. The van der Waals surface area contributed by atoms with Crippen molar-refractivity contribution in [1.82, 2.24) is 4.83 Å². The van der Waals surface area contributed by atoms with Gasteiger partial charge in [0.25, 0.3) is 15.7 Å². The summed E-state index contributed by atoms with van der Waals surface area (Å²) in [5.41, 5.74) is 2.93. The number of nitrogens with zero attached hydrogens (tertiary/aromatic N) is 2. The molecule has 1 N–H and O–H groups in total. The summed E-state index contributed by atoms with van der Waals surface area (Å²) in [5, 5.41) is 14.7. The average Bonchev–Trinajstić information content (AvgIpc) is 2.69. The molecule has 0 bridgehead atoms. The monoisotopic (exact) mass is 395 g/mol. The molecule has 0 heterocycles. The number of hydrogen-bond acceptors (Lipinski definition) is 5. The summed E-state index contributed by atoms with van der Waals surface area (Å²) >= 11 is 0. The number of nitrogens with one attached hydrogen (secondary N) is 1. The predicted molar refractivity (Wildman–Crippen MR) is 108 cm³/mol. The molecule has 0 saturated heterocycles. The van der Waals surface area contributed by atoms with Crippen LogP contribution in [-0.2, 0) is 10.0 Å². The summed E-state index contributed by atoms with van der Waals surface area (Å²) in [6.07, 6.45) is 1.37. The van der Waals surface area contributed by atoms with E-state index in [-0.39, 0.29) is 10.6 Å². The second-order valence-corrected chi connectivity index (χ2v) is 7.71. The Morgan fingerprint density at radius 1 is 0.964 bits per heavy atom. The molecule has 3 aromatic rings. The molecular weight excluding hydrogens is 378 g/mol. The highest BCUT2D eigenvalue weighted by Gasteiger charge is 2.19. The maximum atomic E-state index is 12.3. The maximum Gasteiger partial charge on any atom is 0.276 e. The molecule has 0 radical (unpaired) electrons. The number of sulfonamides is 1. The van der Waals surface area contributed by atoms with Gasteiger partial charge >= 0.3 is 0 Å². The van der Waals surface area contributed by atoms with E-state index in [2.05, 4.69) is 9.93 Å². The zero-order valence-corrected chi connectivity index (χ0v) is 15.8. The molecule has 142 valence electrons. The second kappa shape index (κ2) is 8.01. The fraction of sp³-hybridized carbons (Fsp3) is 0.0500. The molecule has 8 heteroatoms. The fourth-order valence-corrected chi connectivity index (χ4v) is 3.38. The van der Waals surface area contributed by atoms with Gasteiger partial charge in [0.05, 0.1) is 16.0 Å². The Morgan fingerprint density at radius 2 is 1.61 bits per heavy atom. The zero-order valence-electron chi connectivity index (χ0n) is 14.9. The van der Waals surface area contributed by atoms with E-state index >= 15 is 0 Å². The lowest BCUT2D eigenvalue weighted by molar-refractivity contribution is -0.385. The molecule has 0 aromatic heterocycles. The molecular formula is C20H17N3O4S. The van der Waals surface area contributed by atoms with Gasteiger partial charge in [0.1, 0.15) is 0 Å². The van der Waals surface area contributed by atoms with Crippen LogP contribution < -0.4 is 4.83 Å². The van der Waals surface area contributed by atoms with Crippen molar-refractivity contribution in [2.75, 3.05) is 0 Å². The van der Waals surface area contributed by atoms with E-state index in [0.717, 1.165) is 17.2 Å². The summed E-state index contributed by atoms with van der Waals surface area (Å²) in [6, 6.07) is 21.0. The van der Waals surface area contributed by atoms with Crippen LogP contribution in [0.4, 0.5) is 5.69 Å². The molecule has 0 saturated carbocycles. The minimum Gasteiger partial charge on any atom is -0.258 e. The van der Waals surface area contributed by atoms with Gasteiger partial charge in [-0.1, -0.05) is 60.7 Å². The third-order valence-electron chi connectivity index (χ3n) is 4.09. The summed E-state index contributed by atoms with van der Waals surface area (Å²) in [4.78, 5) is 12.2. The Morgan fingerprint density at radius 3 is 2.25 bits per heavy atom. The molecule has 0 aliphatic heterocycles.